The number of aliphatic hydroxyl groups is 1. The lowest BCUT2D eigenvalue weighted by Crippen LogP contribution is -2.34. The van der Waals surface area contributed by atoms with Gasteiger partial charge in [-0.05, 0) is 6.92 Å². The molecule has 7 nitrogen and oxygen atoms in total. The molecule has 0 aromatic carbocycles. The van der Waals surface area contributed by atoms with E-state index in [9.17, 15) is 5.11 Å². The molecular weight excluding hydrogens is 208 g/mol. The smallest absolute Gasteiger partial charge is 0.196 e. The lowest BCUT2D eigenvalue weighted by Gasteiger charge is -2.25. The standard InChI is InChI=1S/C8H14O7/c1-8(9,2-6-10-4-12-14-6)3-7-11-5-13-15-7/h6-7,9H,2-5H2,1H3. The number of hydrogen-bond acceptors (Lipinski definition) is 7. The third-order valence-electron chi connectivity index (χ3n) is 2.17. The van der Waals surface area contributed by atoms with Gasteiger partial charge in [0.15, 0.2) is 26.2 Å². The van der Waals surface area contributed by atoms with E-state index in [2.05, 4.69) is 9.78 Å². The summed E-state index contributed by atoms with van der Waals surface area (Å²) in [7, 11) is 0. The maximum absolute atomic E-state index is 10.0. The fourth-order valence-corrected chi connectivity index (χ4v) is 1.46. The van der Waals surface area contributed by atoms with E-state index in [0.29, 0.717) is 0 Å². The zero-order valence-electron chi connectivity index (χ0n) is 8.38. The summed E-state index contributed by atoms with van der Waals surface area (Å²) in [4.78, 5) is 18.6. The highest BCUT2D eigenvalue weighted by atomic mass is 17.3. The molecule has 0 aliphatic carbocycles. The normalized spacial score (nSPS) is 35.6. The number of ether oxygens (including phenoxy) is 2. The zero-order valence-corrected chi connectivity index (χ0v) is 8.38. The van der Waals surface area contributed by atoms with Gasteiger partial charge in [-0.1, -0.05) is 0 Å². The van der Waals surface area contributed by atoms with Crippen molar-refractivity contribution in [3.05, 3.63) is 0 Å². The van der Waals surface area contributed by atoms with Crippen LogP contribution in [-0.2, 0) is 29.0 Å². The van der Waals surface area contributed by atoms with E-state index in [1.807, 2.05) is 0 Å². The first kappa shape index (κ1) is 11.2. The monoisotopic (exact) mass is 222 g/mol. The van der Waals surface area contributed by atoms with Crippen molar-refractivity contribution in [2.24, 2.45) is 0 Å². The van der Waals surface area contributed by atoms with Crippen molar-refractivity contribution >= 4 is 0 Å². The molecule has 88 valence electrons. The van der Waals surface area contributed by atoms with Crippen LogP contribution in [-0.4, -0.2) is 36.9 Å². The topological polar surface area (TPSA) is 75.6 Å². The van der Waals surface area contributed by atoms with E-state index in [-0.39, 0.29) is 26.4 Å². The minimum Gasteiger partial charge on any atom is -0.390 e. The Balaban J connectivity index is 1.76. The van der Waals surface area contributed by atoms with Crippen LogP contribution in [0.25, 0.3) is 0 Å². The van der Waals surface area contributed by atoms with Crippen LogP contribution < -0.4 is 0 Å². The van der Waals surface area contributed by atoms with Crippen molar-refractivity contribution in [2.45, 2.75) is 37.9 Å². The Morgan fingerprint density at radius 3 is 1.87 bits per heavy atom. The predicted octanol–water partition coefficient (Wildman–Crippen LogP) is 0.0416. The van der Waals surface area contributed by atoms with Crippen LogP contribution in [0.3, 0.4) is 0 Å². The van der Waals surface area contributed by atoms with Crippen LogP contribution in [0.1, 0.15) is 19.8 Å². The Morgan fingerprint density at radius 2 is 1.53 bits per heavy atom. The summed E-state index contributed by atoms with van der Waals surface area (Å²) < 4.78 is 10.1. The van der Waals surface area contributed by atoms with E-state index < -0.39 is 18.2 Å². The van der Waals surface area contributed by atoms with Gasteiger partial charge in [0.25, 0.3) is 0 Å². The predicted molar refractivity (Wildman–Crippen MR) is 43.7 cm³/mol. The first-order chi connectivity index (χ1) is 7.16. The van der Waals surface area contributed by atoms with Crippen molar-refractivity contribution in [1.82, 2.24) is 0 Å². The van der Waals surface area contributed by atoms with Gasteiger partial charge >= 0.3 is 0 Å². The van der Waals surface area contributed by atoms with Crippen LogP contribution in [0.4, 0.5) is 0 Å². The summed E-state index contributed by atoms with van der Waals surface area (Å²) in [5.41, 5.74) is -1.03. The highest BCUT2D eigenvalue weighted by molar-refractivity contribution is 4.76. The molecule has 0 spiro atoms. The highest BCUT2D eigenvalue weighted by Crippen LogP contribution is 2.26. The Kier molecular flexibility index (Phi) is 3.52. The van der Waals surface area contributed by atoms with Crippen molar-refractivity contribution < 1.29 is 34.1 Å². The third-order valence-corrected chi connectivity index (χ3v) is 2.17. The molecule has 15 heavy (non-hydrogen) atoms. The van der Waals surface area contributed by atoms with E-state index in [1.165, 1.54) is 0 Å². The van der Waals surface area contributed by atoms with E-state index in [1.54, 1.807) is 6.92 Å². The highest BCUT2D eigenvalue weighted by Gasteiger charge is 2.34. The summed E-state index contributed by atoms with van der Waals surface area (Å²) in [5.74, 6) is 0. The van der Waals surface area contributed by atoms with E-state index >= 15 is 0 Å². The van der Waals surface area contributed by atoms with Crippen molar-refractivity contribution in [1.29, 1.82) is 0 Å². The van der Waals surface area contributed by atoms with Gasteiger partial charge in [-0.3, -0.25) is 0 Å². The van der Waals surface area contributed by atoms with E-state index in [0.717, 1.165) is 0 Å². The molecule has 2 fully saturated rings. The minimum absolute atomic E-state index is 0.0836. The van der Waals surface area contributed by atoms with Crippen molar-refractivity contribution in [3.63, 3.8) is 0 Å². The fourth-order valence-electron chi connectivity index (χ4n) is 1.46. The average Bonchev–Trinajstić information content (AvgIpc) is 2.75. The van der Waals surface area contributed by atoms with Crippen molar-refractivity contribution in [2.75, 3.05) is 13.6 Å². The maximum Gasteiger partial charge on any atom is 0.196 e. The summed E-state index contributed by atoms with van der Waals surface area (Å²) in [6.07, 6.45) is -0.559. The van der Waals surface area contributed by atoms with Gasteiger partial charge < -0.3 is 14.6 Å². The Morgan fingerprint density at radius 1 is 1.07 bits per heavy atom. The molecule has 2 rings (SSSR count). The molecule has 2 heterocycles. The first-order valence-electron chi connectivity index (χ1n) is 4.68. The zero-order chi connectivity index (χ0) is 10.7. The second-order valence-electron chi connectivity index (χ2n) is 3.76. The molecule has 1 N–H and O–H groups in total. The van der Waals surface area contributed by atoms with Crippen LogP contribution >= 0.6 is 0 Å². The molecule has 7 heteroatoms. The second-order valence-corrected chi connectivity index (χ2v) is 3.76. The molecule has 0 aromatic rings. The van der Waals surface area contributed by atoms with Gasteiger partial charge in [0.05, 0.1) is 5.60 Å². The summed E-state index contributed by atoms with van der Waals surface area (Å²) in [6, 6.07) is 0. The molecule has 2 aliphatic rings. The lowest BCUT2D eigenvalue weighted by atomic mass is 9.97. The van der Waals surface area contributed by atoms with Gasteiger partial charge in [-0.25, -0.2) is 19.6 Å². The molecule has 2 unspecified atom stereocenters. The maximum atomic E-state index is 10.0. The summed E-state index contributed by atoms with van der Waals surface area (Å²) in [5, 5.41) is 10.0. The fraction of sp³-hybridized carbons (Fsp3) is 1.00. The molecule has 0 bridgehead atoms. The van der Waals surface area contributed by atoms with Gasteiger partial charge in [0.1, 0.15) is 0 Å². The molecule has 2 saturated heterocycles. The quantitative estimate of drug-likeness (QED) is 0.673. The molecule has 0 saturated carbocycles. The Labute approximate surface area is 86.6 Å². The van der Waals surface area contributed by atoms with Gasteiger partial charge in [0.2, 0.25) is 0 Å². The molecule has 2 aliphatic heterocycles. The Hall–Kier alpha value is -0.280. The molecule has 0 radical (unpaired) electrons. The van der Waals surface area contributed by atoms with E-state index in [4.69, 9.17) is 19.2 Å². The van der Waals surface area contributed by atoms with Gasteiger partial charge in [0, 0.05) is 12.8 Å². The SMILES string of the molecule is CC(O)(CC1OCOO1)CC1OCOO1. The summed E-state index contributed by atoms with van der Waals surface area (Å²) in [6.45, 7) is 1.81. The lowest BCUT2D eigenvalue weighted by molar-refractivity contribution is -0.295. The minimum atomic E-state index is -1.03. The van der Waals surface area contributed by atoms with Crippen LogP contribution in [0.2, 0.25) is 0 Å². The van der Waals surface area contributed by atoms with Gasteiger partial charge in [-0.2, -0.15) is 0 Å². The average molecular weight is 222 g/mol. The van der Waals surface area contributed by atoms with Gasteiger partial charge in [-0.15, -0.1) is 0 Å². The molecule has 0 aromatic heterocycles. The third kappa shape index (κ3) is 3.35. The second kappa shape index (κ2) is 4.71. The van der Waals surface area contributed by atoms with Crippen molar-refractivity contribution in [3.8, 4) is 0 Å². The number of rotatable bonds is 4. The number of hydrogen-bond donors (Lipinski definition) is 1. The Bertz CT molecular complexity index is 175. The first-order valence-corrected chi connectivity index (χ1v) is 4.68. The van der Waals surface area contributed by atoms with Crippen LogP contribution in [0.5, 0.6) is 0 Å². The largest absolute Gasteiger partial charge is 0.390 e. The summed E-state index contributed by atoms with van der Waals surface area (Å²) >= 11 is 0. The molecular formula is C8H14O7. The molecule has 0 amide bonds. The van der Waals surface area contributed by atoms with Crippen LogP contribution in [0.15, 0.2) is 0 Å². The van der Waals surface area contributed by atoms with Crippen LogP contribution in [0, 0.1) is 0 Å². The molecule has 2 atom stereocenters.